The van der Waals surface area contributed by atoms with E-state index < -0.39 is 6.03 Å². The number of likely N-dealkylation sites (tertiary alicyclic amines) is 1. The Hall–Kier alpha value is -3.29. The molecule has 7 nitrogen and oxygen atoms in total. The lowest BCUT2D eigenvalue weighted by Crippen LogP contribution is -2.43. The molecule has 1 heterocycles. The topological polar surface area (TPSA) is 79.9 Å². The summed E-state index contributed by atoms with van der Waals surface area (Å²) in [6, 6.07) is 10.8. The van der Waals surface area contributed by atoms with Crippen molar-refractivity contribution in [3.05, 3.63) is 59.4 Å². The van der Waals surface area contributed by atoms with Crippen molar-refractivity contribution in [2.75, 3.05) is 27.3 Å². The maximum Gasteiger partial charge on any atom is 0.315 e. The molecule has 1 fully saturated rings. The summed E-state index contributed by atoms with van der Waals surface area (Å²) in [7, 11) is 3.19. The maximum atomic E-state index is 12.9. The van der Waals surface area contributed by atoms with E-state index in [1.54, 1.807) is 31.3 Å². The van der Waals surface area contributed by atoms with Crippen molar-refractivity contribution in [2.45, 2.75) is 25.4 Å². The number of benzene rings is 2. The van der Waals surface area contributed by atoms with Gasteiger partial charge in [-0.3, -0.25) is 4.79 Å². The summed E-state index contributed by atoms with van der Waals surface area (Å²) in [5.41, 5.74) is 1.66. The average molecular weight is 415 g/mol. The number of carbonyl (C=O) groups excluding carboxylic acids is 2. The smallest absolute Gasteiger partial charge is 0.315 e. The van der Waals surface area contributed by atoms with Crippen LogP contribution in [-0.2, 0) is 11.3 Å². The lowest BCUT2D eigenvalue weighted by Gasteiger charge is -2.27. The largest absolute Gasteiger partial charge is 0.497 e. The van der Waals surface area contributed by atoms with Gasteiger partial charge in [-0.25, -0.2) is 9.18 Å². The SMILES string of the molecule is COc1ccc(OC)c(C2CCCN2C(=O)CNC(=O)NCc2ccc(F)cc2)c1. The van der Waals surface area contributed by atoms with Gasteiger partial charge in [0.2, 0.25) is 5.91 Å². The van der Waals surface area contributed by atoms with Gasteiger partial charge in [0.25, 0.3) is 0 Å². The summed E-state index contributed by atoms with van der Waals surface area (Å²) in [6.45, 7) is 0.744. The Bertz CT molecular complexity index is 888. The minimum absolute atomic E-state index is 0.113. The third-order valence-electron chi connectivity index (χ3n) is 5.14. The fourth-order valence-electron chi connectivity index (χ4n) is 3.59. The number of halogens is 1. The number of methoxy groups -OCH3 is 2. The molecule has 0 bridgehead atoms. The van der Waals surface area contributed by atoms with E-state index in [-0.39, 0.29) is 30.9 Å². The minimum Gasteiger partial charge on any atom is -0.497 e. The molecule has 1 aliphatic heterocycles. The van der Waals surface area contributed by atoms with Crippen molar-refractivity contribution in [3.8, 4) is 11.5 Å². The van der Waals surface area contributed by atoms with Gasteiger partial charge >= 0.3 is 6.03 Å². The first-order valence-corrected chi connectivity index (χ1v) is 9.79. The van der Waals surface area contributed by atoms with Crippen LogP contribution in [0.5, 0.6) is 11.5 Å². The molecule has 8 heteroatoms. The zero-order valence-corrected chi connectivity index (χ0v) is 17.1. The highest BCUT2D eigenvalue weighted by atomic mass is 19.1. The molecule has 2 aromatic rings. The highest BCUT2D eigenvalue weighted by Crippen LogP contribution is 2.38. The van der Waals surface area contributed by atoms with Gasteiger partial charge in [-0.05, 0) is 48.7 Å². The Balaban J connectivity index is 1.57. The number of urea groups is 1. The van der Waals surface area contributed by atoms with Crippen LogP contribution in [0.3, 0.4) is 0 Å². The Morgan fingerprint density at radius 1 is 1.10 bits per heavy atom. The van der Waals surface area contributed by atoms with Crippen molar-refractivity contribution in [1.82, 2.24) is 15.5 Å². The van der Waals surface area contributed by atoms with Crippen LogP contribution in [0.15, 0.2) is 42.5 Å². The number of amides is 3. The molecule has 0 aliphatic carbocycles. The molecule has 160 valence electrons. The van der Waals surface area contributed by atoms with Crippen LogP contribution in [0, 0.1) is 5.82 Å². The van der Waals surface area contributed by atoms with E-state index in [0.29, 0.717) is 18.0 Å². The van der Waals surface area contributed by atoms with E-state index in [4.69, 9.17) is 9.47 Å². The predicted octanol–water partition coefficient (Wildman–Crippen LogP) is 3.01. The molecule has 30 heavy (non-hydrogen) atoms. The van der Waals surface area contributed by atoms with Gasteiger partial charge in [0.15, 0.2) is 0 Å². The van der Waals surface area contributed by atoms with E-state index in [1.807, 2.05) is 18.2 Å². The highest BCUT2D eigenvalue weighted by Gasteiger charge is 2.32. The Labute approximate surface area is 175 Å². The molecular formula is C22H26FN3O4. The standard InChI is InChI=1S/C22H26FN3O4/c1-29-17-9-10-20(30-2)18(12-17)19-4-3-11-26(19)21(27)14-25-22(28)24-13-15-5-7-16(23)8-6-15/h5-10,12,19H,3-4,11,13-14H2,1-2H3,(H2,24,25,28). The van der Waals surface area contributed by atoms with Crippen LogP contribution >= 0.6 is 0 Å². The lowest BCUT2D eigenvalue weighted by atomic mass is 10.0. The van der Waals surface area contributed by atoms with Gasteiger partial charge in [0.05, 0.1) is 26.8 Å². The summed E-state index contributed by atoms with van der Waals surface area (Å²) < 4.78 is 23.7. The molecule has 0 aromatic heterocycles. The molecule has 3 rings (SSSR count). The van der Waals surface area contributed by atoms with Crippen molar-refractivity contribution < 1.29 is 23.5 Å². The van der Waals surface area contributed by atoms with E-state index >= 15 is 0 Å². The second-order valence-corrected chi connectivity index (χ2v) is 7.02. The van der Waals surface area contributed by atoms with Crippen LogP contribution in [0.25, 0.3) is 0 Å². The first-order chi connectivity index (χ1) is 14.5. The Morgan fingerprint density at radius 3 is 2.57 bits per heavy atom. The van der Waals surface area contributed by atoms with Crippen LogP contribution in [0.1, 0.15) is 30.0 Å². The molecule has 1 aliphatic rings. The van der Waals surface area contributed by atoms with Gasteiger partial charge in [-0.15, -0.1) is 0 Å². The van der Waals surface area contributed by atoms with Gasteiger partial charge in [-0.1, -0.05) is 12.1 Å². The average Bonchev–Trinajstić information content (AvgIpc) is 3.26. The molecular weight excluding hydrogens is 389 g/mol. The Morgan fingerprint density at radius 2 is 1.87 bits per heavy atom. The van der Waals surface area contributed by atoms with E-state index in [9.17, 15) is 14.0 Å². The fraction of sp³-hybridized carbons (Fsp3) is 0.364. The minimum atomic E-state index is -0.456. The number of carbonyl (C=O) groups is 2. The molecule has 0 radical (unpaired) electrons. The maximum absolute atomic E-state index is 12.9. The summed E-state index contributed by atoms with van der Waals surface area (Å²) in [6.07, 6.45) is 1.68. The summed E-state index contributed by atoms with van der Waals surface area (Å²) in [5, 5.41) is 5.25. The highest BCUT2D eigenvalue weighted by molar-refractivity contribution is 5.84. The van der Waals surface area contributed by atoms with Crippen LogP contribution in [-0.4, -0.2) is 44.1 Å². The quantitative estimate of drug-likeness (QED) is 0.729. The van der Waals surface area contributed by atoms with Crippen LogP contribution in [0.4, 0.5) is 9.18 Å². The third kappa shape index (κ3) is 5.20. The monoisotopic (exact) mass is 415 g/mol. The molecule has 2 N–H and O–H groups in total. The van der Waals surface area contributed by atoms with Gasteiger partial charge in [0.1, 0.15) is 17.3 Å². The van der Waals surface area contributed by atoms with Crippen LogP contribution < -0.4 is 20.1 Å². The second-order valence-electron chi connectivity index (χ2n) is 7.02. The van der Waals surface area contributed by atoms with E-state index in [2.05, 4.69) is 10.6 Å². The molecule has 2 aromatic carbocycles. The molecule has 3 amide bonds. The zero-order valence-electron chi connectivity index (χ0n) is 17.1. The van der Waals surface area contributed by atoms with Crippen molar-refractivity contribution in [1.29, 1.82) is 0 Å². The number of nitrogens with zero attached hydrogens (tertiary/aromatic N) is 1. The number of hydrogen-bond donors (Lipinski definition) is 2. The van der Waals surface area contributed by atoms with Crippen molar-refractivity contribution >= 4 is 11.9 Å². The normalized spacial score (nSPS) is 15.6. The van der Waals surface area contributed by atoms with Crippen molar-refractivity contribution in [2.24, 2.45) is 0 Å². The molecule has 1 saturated heterocycles. The summed E-state index contributed by atoms with van der Waals surface area (Å²) >= 11 is 0. The number of rotatable bonds is 7. The van der Waals surface area contributed by atoms with E-state index in [1.165, 1.54) is 12.1 Å². The zero-order chi connectivity index (χ0) is 21.5. The van der Waals surface area contributed by atoms with Gasteiger partial charge < -0.3 is 25.0 Å². The summed E-state index contributed by atoms with van der Waals surface area (Å²) in [5.74, 6) is 0.898. The number of nitrogens with one attached hydrogen (secondary N) is 2. The fourth-order valence-corrected chi connectivity index (χ4v) is 3.59. The third-order valence-corrected chi connectivity index (χ3v) is 5.14. The van der Waals surface area contributed by atoms with Gasteiger partial charge in [0, 0.05) is 18.7 Å². The summed E-state index contributed by atoms with van der Waals surface area (Å²) in [4.78, 5) is 26.6. The Kier molecular flexibility index (Phi) is 7.11. The molecule has 1 unspecified atom stereocenters. The number of ether oxygens (including phenoxy) is 2. The second kappa shape index (κ2) is 9.96. The first kappa shape index (κ1) is 21.4. The van der Waals surface area contributed by atoms with E-state index in [0.717, 1.165) is 24.0 Å². The number of hydrogen-bond acceptors (Lipinski definition) is 4. The van der Waals surface area contributed by atoms with Crippen molar-refractivity contribution in [3.63, 3.8) is 0 Å². The molecule has 0 spiro atoms. The van der Waals surface area contributed by atoms with Gasteiger partial charge in [-0.2, -0.15) is 0 Å². The molecule has 0 saturated carbocycles. The van der Waals surface area contributed by atoms with Crippen LogP contribution in [0.2, 0.25) is 0 Å². The first-order valence-electron chi connectivity index (χ1n) is 9.79. The molecule has 1 atom stereocenters. The predicted molar refractivity (Wildman–Crippen MR) is 110 cm³/mol. The lowest BCUT2D eigenvalue weighted by molar-refractivity contribution is -0.131.